The molecule has 1 heteroatoms. The second-order valence-electron chi connectivity index (χ2n) is 4.35. The summed E-state index contributed by atoms with van der Waals surface area (Å²) in [6, 6.07) is 0.549. The second-order valence-corrected chi connectivity index (χ2v) is 4.35. The molecule has 0 radical (unpaired) electrons. The third-order valence-corrected chi connectivity index (χ3v) is 3.18. The van der Waals surface area contributed by atoms with E-state index in [9.17, 15) is 0 Å². The summed E-state index contributed by atoms with van der Waals surface area (Å²) in [6.07, 6.45) is 7.68. The van der Waals surface area contributed by atoms with Crippen molar-refractivity contribution in [3.05, 3.63) is 12.7 Å². The van der Waals surface area contributed by atoms with Crippen LogP contribution in [0.15, 0.2) is 12.7 Å². The Morgan fingerprint density at radius 2 is 2.31 bits per heavy atom. The van der Waals surface area contributed by atoms with Crippen LogP contribution in [0.25, 0.3) is 0 Å². The Morgan fingerprint density at radius 1 is 1.54 bits per heavy atom. The number of likely N-dealkylation sites (N-methyl/N-ethyl adjacent to an activating group) is 1. The molecule has 3 atom stereocenters. The third kappa shape index (κ3) is 3.15. The van der Waals surface area contributed by atoms with Crippen molar-refractivity contribution in [1.29, 1.82) is 0 Å². The minimum atomic E-state index is 0.549. The summed E-state index contributed by atoms with van der Waals surface area (Å²) in [5, 5.41) is 3.50. The van der Waals surface area contributed by atoms with E-state index in [2.05, 4.69) is 31.8 Å². The van der Waals surface area contributed by atoms with Crippen molar-refractivity contribution in [3.8, 4) is 0 Å². The normalized spacial score (nSPS) is 31.2. The van der Waals surface area contributed by atoms with Crippen molar-refractivity contribution in [2.45, 2.75) is 45.6 Å². The molecule has 0 aromatic rings. The number of rotatable bonds is 4. The van der Waals surface area contributed by atoms with Gasteiger partial charge in [0.1, 0.15) is 0 Å². The second kappa shape index (κ2) is 5.43. The molecule has 13 heavy (non-hydrogen) atoms. The Bertz CT molecular complexity index is 153. The molecule has 1 rings (SSSR count). The van der Waals surface area contributed by atoms with Crippen LogP contribution in [0, 0.1) is 11.8 Å². The van der Waals surface area contributed by atoms with Gasteiger partial charge in [-0.15, -0.1) is 6.58 Å². The molecule has 1 nitrogen and oxygen atoms in total. The fourth-order valence-corrected chi connectivity index (χ4v) is 2.49. The first kappa shape index (κ1) is 10.8. The molecular formula is C12H23N. The predicted molar refractivity (Wildman–Crippen MR) is 58.8 cm³/mol. The van der Waals surface area contributed by atoms with Crippen LogP contribution in [0.1, 0.15) is 39.5 Å². The average Bonchev–Trinajstić information content (AvgIpc) is 2.14. The zero-order chi connectivity index (χ0) is 9.68. The standard InChI is InChI=1S/C12H23N/c1-4-12(13-5-2)11-8-6-7-10(3)9-11/h4,10-13H,1,5-9H2,2-3H3. The van der Waals surface area contributed by atoms with E-state index in [0.717, 1.165) is 18.4 Å². The predicted octanol–water partition coefficient (Wildman–Crippen LogP) is 2.98. The maximum Gasteiger partial charge on any atom is 0.0275 e. The van der Waals surface area contributed by atoms with Gasteiger partial charge in [-0.25, -0.2) is 0 Å². The average molecular weight is 181 g/mol. The summed E-state index contributed by atoms with van der Waals surface area (Å²) in [4.78, 5) is 0. The first-order valence-corrected chi connectivity index (χ1v) is 5.63. The SMILES string of the molecule is C=CC(NCC)C1CCCC(C)C1. The largest absolute Gasteiger partial charge is 0.311 e. The molecule has 0 bridgehead atoms. The van der Waals surface area contributed by atoms with Gasteiger partial charge >= 0.3 is 0 Å². The molecule has 1 saturated carbocycles. The Labute approximate surface area is 82.6 Å². The molecule has 0 spiro atoms. The van der Waals surface area contributed by atoms with E-state index in [1.165, 1.54) is 25.7 Å². The van der Waals surface area contributed by atoms with Crippen LogP contribution in [0.4, 0.5) is 0 Å². The Hall–Kier alpha value is -0.300. The smallest absolute Gasteiger partial charge is 0.0275 e. The van der Waals surface area contributed by atoms with Gasteiger partial charge in [-0.1, -0.05) is 32.8 Å². The molecule has 0 amide bonds. The topological polar surface area (TPSA) is 12.0 Å². The molecule has 0 aliphatic heterocycles. The highest BCUT2D eigenvalue weighted by molar-refractivity contribution is 4.92. The molecule has 1 aliphatic carbocycles. The monoisotopic (exact) mass is 181 g/mol. The summed E-state index contributed by atoms with van der Waals surface area (Å²) in [5.74, 6) is 1.75. The lowest BCUT2D eigenvalue weighted by atomic mass is 9.78. The fraction of sp³-hybridized carbons (Fsp3) is 0.833. The zero-order valence-corrected chi connectivity index (χ0v) is 9.05. The maximum atomic E-state index is 3.92. The summed E-state index contributed by atoms with van der Waals surface area (Å²) in [7, 11) is 0. The number of hydrogen-bond acceptors (Lipinski definition) is 1. The quantitative estimate of drug-likeness (QED) is 0.657. The fourth-order valence-electron chi connectivity index (χ4n) is 2.49. The minimum Gasteiger partial charge on any atom is -0.311 e. The van der Waals surface area contributed by atoms with Crippen molar-refractivity contribution in [2.75, 3.05) is 6.54 Å². The summed E-state index contributed by atoms with van der Waals surface area (Å²) in [5.41, 5.74) is 0. The lowest BCUT2D eigenvalue weighted by Crippen LogP contribution is -2.36. The van der Waals surface area contributed by atoms with Crippen LogP contribution >= 0.6 is 0 Å². The molecule has 1 aliphatic rings. The van der Waals surface area contributed by atoms with Gasteiger partial charge in [0.25, 0.3) is 0 Å². The highest BCUT2D eigenvalue weighted by Crippen LogP contribution is 2.30. The minimum absolute atomic E-state index is 0.549. The molecule has 0 aromatic heterocycles. The van der Waals surface area contributed by atoms with E-state index in [4.69, 9.17) is 0 Å². The number of nitrogens with one attached hydrogen (secondary N) is 1. The molecular weight excluding hydrogens is 158 g/mol. The molecule has 1 N–H and O–H groups in total. The Balaban J connectivity index is 2.42. The summed E-state index contributed by atoms with van der Waals surface area (Å²) >= 11 is 0. The molecule has 1 fully saturated rings. The molecule has 0 heterocycles. The van der Waals surface area contributed by atoms with Crippen LogP contribution in [0.5, 0.6) is 0 Å². The van der Waals surface area contributed by atoms with Crippen molar-refractivity contribution in [1.82, 2.24) is 5.32 Å². The molecule has 76 valence electrons. The van der Waals surface area contributed by atoms with Gasteiger partial charge in [0.2, 0.25) is 0 Å². The Morgan fingerprint density at radius 3 is 2.85 bits per heavy atom. The maximum absolute atomic E-state index is 3.92. The third-order valence-electron chi connectivity index (χ3n) is 3.18. The van der Waals surface area contributed by atoms with Crippen molar-refractivity contribution in [2.24, 2.45) is 11.8 Å². The highest BCUT2D eigenvalue weighted by Gasteiger charge is 2.23. The first-order valence-electron chi connectivity index (χ1n) is 5.63. The van der Waals surface area contributed by atoms with Crippen molar-refractivity contribution >= 4 is 0 Å². The molecule has 3 unspecified atom stereocenters. The Kier molecular flexibility index (Phi) is 4.51. The van der Waals surface area contributed by atoms with Crippen molar-refractivity contribution < 1.29 is 0 Å². The zero-order valence-electron chi connectivity index (χ0n) is 9.05. The van der Waals surface area contributed by atoms with E-state index in [0.29, 0.717) is 6.04 Å². The van der Waals surface area contributed by atoms with E-state index >= 15 is 0 Å². The molecule has 0 aromatic carbocycles. The van der Waals surface area contributed by atoms with E-state index in [1.54, 1.807) is 0 Å². The van der Waals surface area contributed by atoms with Gasteiger partial charge < -0.3 is 5.32 Å². The number of hydrogen-bond donors (Lipinski definition) is 1. The summed E-state index contributed by atoms with van der Waals surface area (Å²) < 4.78 is 0. The van der Waals surface area contributed by atoms with Gasteiger partial charge in [0.05, 0.1) is 0 Å². The van der Waals surface area contributed by atoms with Crippen LogP contribution < -0.4 is 5.32 Å². The summed E-state index contributed by atoms with van der Waals surface area (Å²) in [6.45, 7) is 9.52. The van der Waals surface area contributed by atoms with Crippen molar-refractivity contribution in [3.63, 3.8) is 0 Å². The lowest BCUT2D eigenvalue weighted by molar-refractivity contribution is 0.247. The van der Waals surface area contributed by atoms with E-state index in [-0.39, 0.29) is 0 Å². The van der Waals surface area contributed by atoms with Crippen LogP contribution in [-0.2, 0) is 0 Å². The lowest BCUT2D eigenvalue weighted by Gasteiger charge is -2.32. The van der Waals surface area contributed by atoms with E-state index < -0.39 is 0 Å². The van der Waals surface area contributed by atoms with Gasteiger partial charge in [-0.2, -0.15) is 0 Å². The highest BCUT2D eigenvalue weighted by atomic mass is 14.9. The molecule has 0 saturated heterocycles. The van der Waals surface area contributed by atoms with Crippen LogP contribution in [0.2, 0.25) is 0 Å². The van der Waals surface area contributed by atoms with E-state index in [1.807, 2.05) is 0 Å². The first-order chi connectivity index (χ1) is 6.27. The van der Waals surface area contributed by atoms with Gasteiger partial charge in [-0.3, -0.25) is 0 Å². The van der Waals surface area contributed by atoms with Crippen LogP contribution in [0.3, 0.4) is 0 Å². The van der Waals surface area contributed by atoms with Crippen LogP contribution in [-0.4, -0.2) is 12.6 Å². The van der Waals surface area contributed by atoms with Gasteiger partial charge in [0.15, 0.2) is 0 Å². The van der Waals surface area contributed by atoms with Gasteiger partial charge in [0, 0.05) is 6.04 Å². The van der Waals surface area contributed by atoms with Gasteiger partial charge in [-0.05, 0) is 31.2 Å².